The molecule has 1 aliphatic heterocycles. The lowest BCUT2D eigenvalue weighted by Gasteiger charge is -2.30. The van der Waals surface area contributed by atoms with Crippen LogP contribution < -0.4 is 4.74 Å². The molecule has 2 atom stereocenters. The fourth-order valence-corrected chi connectivity index (χ4v) is 6.00. The highest BCUT2D eigenvalue weighted by Crippen LogP contribution is 2.41. The highest BCUT2D eigenvalue weighted by molar-refractivity contribution is 5.75. The zero-order chi connectivity index (χ0) is 25.4. The highest BCUT2D eigenvalue weighted by atomic mass is 19.2. The van der Waals surface area contributed by atoms with Crippen molar-refractivity contribution in [1.82, 2.24) is 0 Å². The fourth-order valence-electron chi connectivity index (χ4n) is 6.00. The van der Waals surface area contributed by atoms with Crippen LogP contribution in [0.1, 0.15) is 92.9 Å². The van der Waals surface area contributed by atoms with Gasteiger partial charge in [-0.05, 0) is 105 Å². The summed E-state index contributed by atoms with van der Waals surface area (Å²) in [5.74, 6) is -3.62. The van der Waals surface area contributed by atoms with Crippen LogP contribution in [0.5, 0.6) is 5.75 Å². The minimum Gasteiger partial charge on any atom is -0.423 e. The number of epoxide rings is 1. The van der Waals surface area contributed by atoms with Gasteiger partial charge >= 0.3 is 5.97 Å². The van der Waals surface area contributed by atoms with E-state index in [1.807, 2.05) is 12.1 Å². The number of halogens is 3. The van der Waals surface area contributed by atoms with Crippen molar-refractivity contribution in [3.05, 3.63) is 64.5 Å². The summed E-state index contributed by atoms with van der Waals surface area (Å²) in [5.41, 5.74) is 1.80. The summed E-state index contributed by atoms with van der Waals surface area (Å²) in [5, 5.41) is 9.77. The number of ether oxygens (including phenoxy) is 2. The van der Waals surface area contributed by atoms with Crippen LogP contribution in [-0.2, 0) is 9.53 Å². The molecule has 0 amide bonds. The molecule has 2 aromatic carbocycles. The molecule has 2 saturated carbocycles. The zero-order valence-electron chi connectivity index (χ0n) is 20.5. The largest absolute Gasteiger partial charge is 0.423 e. The van der Waals surface area contributed by atoms with E-state index in [4.69, 9.17) is 9.47 Å². The topological polar surface area (TPSA) is 59.1 Å². The van der Waals surface area contributed by atoms with Gasteiger partial charge in [-0.3, -0.25) is 4.79 Å². The first-order valence-corrected chi connectivity index (χ1v) is 13.1. The number of aliphatic hydroxyl groups is 1. The van der Waals surface area contributed by atoms with Crippen molar-refractivity contribution in [2.45, 2.75) is 82.3 Å². The summed E-state index contributed by atoms with van der Waals surface area (Å²) in [6.45, 7) is 2.39. The van der Waals surface area contributed by atoms with Gasteiger partial charge < -0.3 is 14.6 Å². The quantitative estimate of drug-likeness (QED) is 0.271. The minimum absolute atomic E-state index is 0.00320. The molecule has 2 unspecified atom stereocenters. The summed E-state index contributed by atoms with van der Waals surface area (Å²) in [6.07, 6.45) is 4.78. The Morgan fingerprint density at radius 2 is 1.53 bits per heavy atom. The molecule has 0 aromatic heterocycles. The van der Waals surface area contributed by atoms with Gasteiger partial charge in [-0.25, -0.2) is 8.78 Å². The van der Waals surface area contributed by atoms with Crippen LogP contribution in [0.4, 0.5) is 13.2 Å². The first kappa shape index (κ1) is 25.3. The Hall–Kier alpha value is -2.38. The van der Waals surface area contributed by atoms with Crippen LogP contribution in [0, 0.1) is 29.3 Å². The first-order valence-electron chi connectivity index (χ1n) is 13.1. The number of aliphatic hydroxyl groups excluding tert-OH is 1. The van der Waals surface area contributed by atoms with Gasteiger partial charge in [0.2, 0.25) is 5.82 Å². The van der Waals surface area contributed by atoms with Gasteiger partial charge in [-0.2, -0.15) is 4.39 Å². The summed E-state index contributed by atoms with van der Waals surface area (Å²) < 4.78 is 54.9. The van der Waals surface area contributed by atoms with Gasteiger partial charge in [0.15, 0.2) is 11.6 Å². The van der Waals surface area contributed by atoms with E-state index in [1.165, 1.54) is 18.2 Å². The molecule has 2 aromatic rings. The lowest BCUT2D eigenvalue weighted by molar-refractivity contribution is -0.140. The third-order valence-electron chi connectivity index (χ3n) is 8.41. The smallest absolute Gasteiger partial charge is 0.314 e. The molecule has 1 N–H and O–H groups in total. The fraction of sp³-hybridized carbons (Fsp3) is 0.552. The molecule has 3 fully saturated rings. The van der Waals surface area contributed by atoms with Gasteiger partial charge in [0.25, 0.3) is 0 Å². The Bertz CT molecular complexity index is 1100. The van der Waals surface area contributed by atoms with Crippen molar-refractivity contribution >= 4 is 5.97 Å². The van der Waals surface area contributed by atoms with Gasteiger partial charge in [0.1, 0.15) is 11.9 Å². The normalized spacial score (nSPS) is 29.0. The summed E-state index contributed by atoms with van der Waals surface area (Å²) in [7, 11) is 0. The van der Waals surface area contributed by atoms with Crippen molar-refractivity contribution in [2.24, 2.45) is 11.8 Å². The minimum atomic E-state index is -1.13. The average molecular weight is 503 g/mol. The van der Waals surface area contributed by atoms with Gasteiger partial charge in [0.05, 0.1) is 18.6 Å². The molecule has 0 bridgehead atoms. The Morgan fingerprint density at radius 1 is 0.917 bits per heavy atom. The summed E-state index contributed by atoms with van der Waals surface area (Å²) >= 11 is 0. The number of benzene rings is 2. The second-order valence-corrected chi connectivity index (χ2v) is 10.7. The average Bonchev–Trinajstić information content (AvgIpc) is 3.73. The Kier molecular flexibility index (Phi) is 7.40. The van der Waals surface area contributed by atoms with E-state index >= 15 is 0 Å². The van der Waals surface area contributed by atoms with E-state index < -0.39 is 29.6 Å². The Labute approximate surface area is 209 Å². The Morgan fingerprint density at radius 3 is 2.14 bits per heavy atom. The second-order valence-electron chi connectivity index (χ2n) is 10.7. The highest BCUT2D eigenvalue weighted by Gasteiger charge is 2.33. The maximum atomic E-state index is 14.9. The van der Waals surface area contributed by atoms with Gasteiger partial charge in [-0.1, -0.05) is 18.2 Å². The predicted octanol–water partition coefficient (Wildman–Crippen LogP) is 6.71. The van der Waals surface area contributed by atoms with Crippen LogP contribution in [0.2, 0.25) is 0 Å². The molecule has 2 aliphatic carbocycles. The number of carbonyl (C=O) groups excluding carboxylic acids is 1. The SMILES string of the molecule is CC(O)C1CCC(c2ccc(OC(=O)C3CCC(c4ccc(C5CO5)cc4F)CC3)c(F)c2F)CC1. The number of hydrogen-bond acceptors (Lipinski definition) is 4. The lowest BCUT2D eigenvalue weighted by Crippen LogP contribution is -2.26. The predicted molar refractivity (Wildman–Crippen MR) is 128 cm³/mol. The van der Waals surface area contributed by atoms with Crippen LogP contribution in [-0.4, -0.2) is 23.8 Å². The monoisotopic (exact) mass is 502 g/mol. The zero-order valence-corrected chi connectivity index (χ0v) is 20.5. The molecule has 36 heavy (non-hydrogen) atoms. The van der Waals surface area contributed by atoms with E-state index in [1.54, 1.807) is 6.92 Å². The third kappa shape index (κ3) is 5.32. The van der Waals surface area contributed by atoms with Gasteiger partial charge in [0, 0.05) is 0 Å². The first-order chi connectivity index (χ1) is 17.3. The van der Waals surface area contributed by atoms with E-state index in [9.17, 15) is 23.1 Å². The summed E-state index contributed by atoms with van der Waals surface area (Å²) in [6, 6.07) is 8.11. The molecule has 4 nitrogen and oxygen atoms in total. The van der Waals surface area contributed by atoms with Crippen LogP contribution in [0.15, 0.2) is 30.3 Å². The molecule has 0 radical (unpaired) electrons. The molecule has 1 heterocycles. The molecule has 3 aliphatic rings. The van der Waals surface area contributed by atoms with E-state index in [2.05, 4.69) is 0 Å². The third-order valence-corrected chi connectivity index (χ3v) is 8.41. The van der Waals surface area contributed by atoms with Crippen molar-refractivity contribution in [3.8, 4) is 5.75 Å². The number of esters is 1. The van der Waals surface area contributed by atoms with Crippen LogP contribution in [0.3, 0.4) is 0 Å². The van der Waals surface area contributed by atoms with Crippen molar-refractivity contribution in [2.75, 3.05) is 6.61 Å². The molecule has 194 valence electrons. The van der Waals surface area contributed by atoms with Crippen molar-refractivity contribution in [1.29, 1.82) is 0 Å². The molecule has 7 heteroatoms. The van der Waals surface area contributed by atoms with E-state index in [-0.39, 0.29) is 35.4 Å². The maximum absolute atomic E-state index is 14.9. The number of hydrogen-bond donors (Lipinski definition) is 1. The van der Waals surface area contributed by atoms with E-state index in [0.29, 0.717) is 56.3 Å². The summed E-state index contributed by atoms with van der Waals surface area (Å²) in [4.78, 5) is 12.7. The number of carbonyl (C=O) groups is 1. The second kappa shape index (κ2) is 10.5. The molecule has 0 spiro atoms. The van der Waals surface area contributed by atoms with Crippen LogP contribution >= 0.6 is 0 Å². The van der Waals surface area contributed by atoms with E-state index in [0.717, 1.165) is 18.4 Å². The molecular formula is C29H33F3O4. The standard InChI is InChI=1S/C29H33F3O4/c1-16(33)17-2-4-19(5-3-17)23-12-13-25(28(32)27(23)31)36-29(34)20-8-6-18(7-9-20)22-11-10-21(14-24(22)30)26-15-35-26/h10-14,16-20,26,33H,2-9,15H2,1H3. The number of rotatable bonds is 6. The maximum Gasteiger partial charge on any atom is 0.314 e. The van der Waals surface area contributed by atoms with Crippen molar-refractivity contribution in [3.63, 3.8) is 0 Å². The molecule has 1 saturated heterocycles. The molecular weight excluding hydrogens is 469 g/mol. The Balaban J connectivity index is 1.17. The lowest BCUT2D eigenvalue weighted by atomic mass is 9.77. The van der Waals surface area contributed by atoms with Gasteiger partial charge in [-0.15, -0.1) is 0 Å². The molecule has 5 rings (SSSR count). The van der Waals surface area contributed by atoms with Crippen LogP contribution in [0.25, 0.3) is 0 Å². The van der Waals surface area contributed by atoms with Crippen molar-refractivity contribution < 1.29 is 32.5 Å².